The van der Waals surface area contributed by atoms with Crippen molar-refractivity contribution in [1.29, 1.82) is 0 Å². The van der Waals surface area contributed by atoms with E-state index in [4.69, 9.17) is 14.6 Å². The van der Waals surface area contributed by atoms with Crippen molar-refractivity contribution in [3.8, 4) is 11.6 Å². The van der Waals surface area contributed by atoms with Gasteiger partial charge in [0, 0.05) is 12.3 Å². The molecule has 82 valence electrons. The number of pyridine rings is 1. The number of nitrogens with zero attached hydrogens (tertiary/aromatic N) is 1. The Morgan fingerprint density at radius 3 is 2.25 bits per heavy atom. The van der Waals surface area contributed by atoms with Crippen molar-refractivity contribution < 1.29 is 14.6 Å². The normalized spacial score (nSPS) is 8.50. The summed E-state index contributed by atoms with van der Waals surface area (Å²) in [5, 5.41) is 6.89. The Labute approximate surface area is 93.1 Å². The van der Waals surface area contributed by atoms with Crippen molar-refractivity contribution in [2.45, 2.75) is 0 Å². The largest absolute Gasteiger partial charge is 0.483 e. The van der Waals surface area contributed by atoms with Crippen LogP contribution in [0.1, 0.15) is 0 Å². The topological polar surface area (TPSA) is 59.4 Å². The van der Waals surface area contributed by atoms with Gasteiger partial charge in [0.1, 0.15) is 5.75 Å². The molecule has 0 radical (unpaired) electrons. The van der Waals surface area contributed by atoms with Crippen molar-refractivity contribution in [3.05, 3.63) is 54.7 Å². The first kappa shape index (κ1) is 11.7. The van der Waals surface area contributed by atoms with Gasteiger partial charge in [-0.25, -0.2) is 4.98 Å². The molecule has 0 aliphatic heterocycles. The zero-order chi connectivity index (χ0) is 11.6. The summed E-state index contributed by atoms with van der Waals surface area (Å²) in [4.78, 5) is 12.4. The summed E-state index contributed by atoms with van der Waals surface area (Å²) < 4.78 is 5.47. The SMILES string of the molecule is O=CO.c1ccc(Oc2ccccn2)cc1. The van der Waals surface area contributed by atoms with Crippen LogP contribution >= 0.6 is 0 Å². The summed E-state index contributed by atoms with van der Waals surface area (Å²) in [5.41, 5.74) is 0. The number of benzene rings is 1. The van der Waals surface area contributed by atoms with E-state index in [1.54, 1.807) is 6.20 Å². The van der Waals surface area contributed by atoms with E-state index in [0.29, 0.717) is 5.88 Å². The molecule has 0 spiro atoms. The number of carbonyl (C=O) groups is 1. The van der Waals surface area contributed by atoms with Crippen LogP contribution in [0.15, 0.2) is 54.7 Å². The first-order chi connectivity index (χ1) is 7.86. The van der Waals surface area contributed by atoms with Crippen LogP contribution in [0.3, 0.4) is 0 Å². The molecule has 4 nitrogen and oxygen atoms in total. The van der Waals surface area contributed by atoms with E-state index in [1.807, 2.05) is 48.5 Å². The Kier molecular flexibility index (Phi) is 5.13. The molecule has 0 saturated heterocycles. The van der Waals surface area contributed by atoms with Gasteiger partial charge in [-0.05, 0) is 18.2 Å². The fourth-order valence-corrected chi connectivity index (χ4v) is 1.02. The lowest BCUT2D eigenvalue weighted by atomic mass is 10.3. The Bertz CT molecular complexity index is 366. The van der Waals surface area contributed by atoms with E-state index in [1.165, 1.54) is 0 Å². The molecule has 1 N–H and O–H groups in total. The Hall–Kier alpha value is -2.36. The zero-order valence-corrected chi connectivity index (χ0v) is 8.48. The average molecular weight is 217 g/mol. The molecule has 0 atom stereocenters. The van der Waals surface area contributed by atoms with Crippen molar-refractivity contribution in [2.24, 2.45) is 0 Å². The second-order valence-electron chi connectivity index (χ2n) is 2.69. The van der Waals surface area contributed by atoms with Gasteiger partial charge in [0.05, 0.1) is 0 Å². The third-order valence-electron chi connectivity index (χ3n) is 1.60. The summed E-state index contributed by atoms with van der Waals surface area (Å²) in [7, 11) is 0. The molecule has 4 heteroatoms. The van der Waals surface area contributed by atoms with E-state index in [0.717, 1.165) is 5.75 Å². The van der Waals surface area contributed by atoms with E-state index in [2.05, 4.69) is 4.98 Å². The predicted octanol–water partition coefficient (Wildman–Crippen LogP) is 2.57. The van der Waals surface area contributed by atoms with Gasteiger partial charge in [-0.3, -0.25) is 4.79 Å². The summed E-state index contributed by atoms with van der Waals surface area (Å²) in [6.45, 7) is -0.250. The number of carboxylic acid groups (broad SMARTS) is 1. The summed E-state index contributed by atoms with van der Waals surface area (Å²) >= 11 is 0. The predicted molar refractivity (Wildman–Crippen MR) is 59.4 cm³/mol. The van der Waals surface area contributed by atoms with E-state index >= 15 is 0 Å². The van der Waals surface area contributed by atoms with Gasteiger partial charge in [0.15, 0.2) is 0 Å². The Morgan fingerprint density at radius 1 is 1.06 bits per heavy atom. The maximum atomic E-state index is 8.36. The lowest BCUT2D eigenvalue weighted by Gasteiger charge is -2.02. The number of ether oxygens (including phenoxy) is 1. The second-order valence-corrected chi connectivity index (χ2v) is 2.69. The van der Waals surface area contributed by atoms with Crippen LogP contribution in [0.5, 0.6) is 11.6 Å². The fraction of sp³-hybridized carbons (Fsp3) is 0. The maximum Gasteiger partial charge on any atom is 0.290 e. The minimum Gasteiger partial charge on any atom is -0.483 e. The molecule has 2 rings (SSSR count). The standard InChI is InChI=1S/C11H9NO.CH2O2/c1-2-6-10(7-3-1)13-11-8-4-5-9-12-11;2-1-3/h1-9H;1H,(H,2,3). The number of rotatable bonds is 2. The molecule has 0 unspecified atom stereocenters. The highest BCUT2D eigenvalue weighted by atomic mass is 16.5. The Morgan fingerprint density at radius 2 is 1.69 bits per heavy atom. The molecule has 1 heterocycles. The van der Waals surface area contributed by atoms with Gasteiger partial charge in [-0.1, -0.05) is 24.3 Å². The molecular weight excluding hydrogens is 206 g/mol. The quantitative estimate of drug-likeness (QED) is 0.785. The fourth-order valence-electron chi connectivity index (χ4n) is 1.02. The van der Waals surface area contributed by atoms with Crippen LogP contribution < -0.4 is 4.74 Å². The molecule has 0 aliphatic rings. The maximum absolute atomic E-state index is 8.36. The van der Waals surface area contributed by atoms with Gasteiger partial charge < -0.3 is 9.84 Å². The first-order valence-corrected chi connectivity index (χ1v) is 4.58. The zero-order valence-electron chi connectivity index (χ0n) is 8.48. The monoisotopic (exact) mass is 217 g/mol. The third kappa shape index (κ3) is 4.23. The number of hydrogen-bond acceptors (Lipinski definition) is 3. The lowest BCUT2D eigenvalue weighted by Crippen LogP contribution is -1.85. The lowest BCUT2D eigenvalue weighted by molar-refractivity contribution is -0.122. The number of aromatic nitrogens is 1. The molecule has 1 aromatic heterocycles. The van der Waals surface area contributed by atoms with Crippen LogP contribution in [0.4, 0.5) is 0 Å². The van der Waals surface area contributed by atoms with Gasteiger partial charge in [-0.15, -0.1) is 0 Å². The van der Waals surface area contributed by atoms with Crippen LogP contribution in [-0.2, 0) is 4.79 Å². The van der Waals surface area contributed by atoms with Crippen LogP contribution in [0.25, 0.3) is 0 Å². The van der Waals surface area contributed by atoms with Crippen LogP contribution in [0.2, 0.25) is 0 Å². The van der Waals surface area contributed by atoms with Gasteiger partial charge in [-0.2, -0.15) is 0 Å². The summed E-state index contributed by atoms with van der Waals surface area (Å²) in [6, 6.07) is 15.2. The first-order valence-electron chi connectivity index (χ1n) is 4.58. The highest BCUT2D eigenvalue weighted by molar-refractivity contribution is 5.32. The van der Waals surface area contributed by atoms with Gasteiger partial charge >= 0.3 is 0 Å². The third-order valence-corrected chi connectivity index (χ3v) is 1.60. The molecule has 16 heavy (non-hydrogen) atoms. The highest BCUT2D eigenvalue weighted by Gasteiger charge is 1.93. The van der Waals surface area contributed by atoms with Crippen LogP contribution in [0, 0.1) is 0 Å². The van der Waals surface area contributed by atoms with E-state index in [9.17, 15) is 0 Å². The minimum atomic E-state index is -0.250. The van der Waals surface area contributed by atoms with Crippen molar-refractivity contribution in [3.63, 3.8) is 0 Å². The molecule has 0 amide bonds. The molecule has 0 saturated carbocycles. The average Bonchev–Trinajstić information content (AvgIpc) is 2.33. The minimum absolute atomic E-state index is 0.250. The molecule has 0 aliphatic carbocycles. The molecule has 2 aromatic rings. The van der Waals surface area contributed by atoms with E-state index in [-0.39, 0.29) is 6.47 Å². The number of para-hydroxylation sites is 1. The smallest absolute Gasteiger partial charge is 0.290 e. The molecule has 0 bridgehead atoms. The van der Waals surface area contributed by atoms with Crippen molar-refractivity contribution in [1.82, 2.24) is 4.98 Å². The summed E-state index contributed by atoms with van der Waals surface area (Å²) in [5.74, 6) is 1.43. The van der Waals surface area contributed by atoms with E-state index < -0.39 is 0 Å². The van der Waals surface area contributed by atoms with Crippen LogP contribution in [-0.4, -0.2) is 16.6 Å². The molecule has 0 fully saturated rings. The van der Waals surface area contributed by atoms with Gasteiger partial charge in [0.25, 0.3) is 6.47 Å². The Balaban J connectivity index is 0.000000386. The second kappa shape index (κ2) is 7.00. The molecule has 1 aromatic carbocycles. The molecular formula is C12H11NO3. The number of hydrogen-bond donors (Lipinski definition) is 1. The van der Waals surface area contributed by atoms with Crippen molar-refractivity contribution in [2.75, 3.05) is 0 Å². The summed E-state index contributed by atoms with van der Waals surface area (Å²) in [6.07, 6.45) is 1.71. The highest BCUT2D eigenvalue weighted by Crippen LogP contribution is 2.17. The van der Waals surface area contributed by atoms with Crippen molar-refractivity contribution >= 4 is 6.47 Å². The van der Waals surface area contributed by atoms with Gasteiger partial charge in [0.2, 0.25) is 5.88 Å².